The number of sulfonamides is 1. The number of nitrogens with one attached hydrogen (secondary N) is 2. The lowest BCUT2D eigenvalue weighted by Gasteiger charge is -2.15. The van der Waals surface area contributed by atoms with Gasteiger partial charge in [-0.1, -0.05) is 42.5 Å². The van der Waals surface area contributed by atoms with E-state index in [0.717, 1.165) is 22.5 Å². The van der Waals surface area contributed by atoms with Crippen molar-refractivity contribution in [3.8, 4) is 11.1 Å². The molecular weight excluding hydrogens is 428 g/mol. The summed E-state index contributed by atoms with van der Waals surface area (Å²) in [6.07, 6.45) is 0.539. The van der Waals surface area contributed by atoms with Crippen LogP contribution in [-0.4, -0.2) is 42.0 Å². The second-order valence-electron chi connectivity index (χ2n) is 7.45. The Morgan fingerprint density at radius 1 is 0.969 bits per heavy atom. The number of hydrogen-bond donors (Lipinski definition) is 3. The molecule has 0 saturated heterocycles. The number of benzene rings is 2. The van der Waals surface area contributed by atoms with Crippen LogP contribution in [0.25, 0.3) is 11.1 Å². The SMILES string of the molecule is Cc1cc(C)nc(NCCCC(NS(=O)(=O)c2ccc(-c3ccccc3)cc2)C(=O)O)n1. The molecule has 0 saturated carbocycles. The monoisotopic (exact) mass is 454 g/mol. The van der Waals surface area contributed by atoms with Gasteiger partial charge in [0.25, 0.3) is 0 Å². The van der Waals surface area contributed by atoms with Crippen LogP contribution in [0, 0.1) is 13.8 Å². The van der Waals surface area contributed by atoms with E-state index in [-0.39, 0.29) is 11.3 Å². The molecule has 1 aromatic heterocycles. The fourth-order valence-electron chi connectivity index (χ4n) is 3.26. The second kappa shape index (κ2) is 10.3. The van der Waals surface area contributed by atoms with E-state index < -0.39 is 22.0 Å². The molecule has 0 aliphatic rings. The molecule has 3 rings (SSSR count). The first kappa shape index (κ1) is 23.4. The van der Waals surface area contributed by atoms with Gasteiger partial charge in [-0.15, -0.1) is 0 Å². The minimum atomic E-state index is -3.98. The molecule has 1 atom stereocenters. The topological polar surface area (TPSA) is 121 Å². The lowest BCUT2D eigenvalue weighted by Crippen LogP contribution is -2.40. The molecule has 8 nitrogen and oxygen atoms in total. The van der Waals surface area contributed by atoms with E-state index in [0.29, 0.717) is 18.9 Å². The lowest BCUT2D eigenvalue weighted by atomic mass is 10.1. The Bertz CT molecular complexity index is 1150. The third kappa shape index (κ3) is 6.35. The van der Waals surface area contributed by atoms with Crippen LogP contribution in [0.1, 0.15) is 24.2 Å². The molecule has 0 spiro atoms. The zero-order chi connectivity index (χ0) is 23.1. The van der Waals surface area contributed by atoms with E-state index in [1.54, 1.807) is 12.1 Å². The predicted molar refractivity (Wildman–Crippen MR) is 123 cm³/mol. The van der Waals surface area contributed by atoms with Crippen molar-refractivity contribution in [3.63, 3.8) is 0 Å². The number of aryl methyl sites for hydroxylation is 2. The van der Waals surface area contributed by atoms with Crippen molar-refractivity contribution in [1.82, 2.24) is 14.7 Å². The molecule has 0 fully saturated rings. The first-order valence-corrected chi connectivity index (χ1v) is 11.7. The Kier molecular flexibility index (Phi) is 7.55. The highest BCUT2D eigenvalue weighted by Gasteiger charge is 2.25. The van der Waals surface area contributed by atoms with Gasteiger partial charge in [-0.25, -0.2) is 18.4 Å². The van der Waals surface area contributed by atoms with E-state index in [4.69, 9.17) is 0 Å². The number of anilines is 1. The molecule has 9 heteroatoms. The molecule has 32 heavy (non-hydrogen) atoms. The number of aromatic nitrogens is 2. The highest BCUT2D eigenvalue weighted by atomic mass is 32.2. The molecule has 1 heterocycles. The molecule has 3 aromatic rings. The number of carboxylic acid groups (broad SMARTS) is 1. The minimum absolute atomic E-state index is 0.0187. The van der Waals surface area contributed by atoms with Gasteiger partial charge >= 0.3 is 5.97 Å². The van der Waals surface area contributed by atoms with Crippen LogP contribution in [0.3, 0.4) is 0 Å². The first-order valence-electron chi connectivity index (χ1n) is 10.2. The number of carboxylic acids is 1. The minimum Gasteiger partial charge on any atom is -0.480 e. The van der Waals surface area contributed by atoms with Crippen LogP contribution in [0.5, 0.6) is 0 Å². The average Bonchev–Trinajstić information content (AvgIpc) is 2.76. The summed E-state index contributed by atoms with van der Waals surface area (Å²) in [6, 6.07) is 16.5. The summed E-state index contributed by atoms with van der Waals surface area (Å²) in [5, 5.41) is 12.5. The summed E-state index contributed by atoms with van der Waals surface area (Å²) in [6.45, 7) is 4.14. The fraction of sp³-hybridized carbons (Fsp3) is 0.261. The maximum absolute atomic E-state index is 12.7. The molecule has 168 valence electrons. The van der Waals surface area contributed by atoms with E-state index in [9.17, 15) is 18.3 Å². The molecule has 1 unspecified atom stereocenters. The number of nitrogens with zero attached hydrogens (tertiary/aromatic N) is 2. The highest BCUT2D eigenvalue weighted by molar-refractivity contribution is 7.89. The normalized spacial score (nSPS) is 12.3. The fourth-order valence-corrected chi connectivity index (χ4v) is 4.48. The van der Waals surface area contributed by atoms with Crippen LogP contribution >= 0.6 is 0 Å². The zero-order valence-corrected chi connectivity index (χ0v) is 18.8. The summed E-state index contributed by atoms with van der Waals surface area (Å²) in [5.41, 5.74) is 3.50. The predicted octanol–water partition coefficient (Wildman–Crippen LogP) is 3.38. The van der Waals surface area contributed by atoms with Gasteiger partial charge in [-0.3, -0.25) is 4.79 Å². The van der Waals surface area contributed by atoms with Crippen molar-refractivity contribution in [2.24, 2.45) is 0 Å². The Balaban J connectivity index is 1.60. The standard InChI is InChI=1S/C23H26N4O4S/c1-16-15-17(2)26-23(25-16)24-14-6-9-21(22(28)29)27-32(30,31)20-12-10-19(11-13-20)18-7-4-3-5-8-18/h3-5,7-8,10-13,15,21,27H,6,9,14H2,1-2H3,(H,28,29)(H,24,25,26). The zero-order valence-electron chi connectivity index (χ0n) is 17.9. The third-order valence-electron chi connectivity index (χ3n) is 4.80. The highest BCUT2D eigenvalue weighted by Crippen LogP contribution is 2.21. The molecule has 0 radical (unpaired) electrons. The summed E-state index contributed by atoms with van der Waals surface area (Å²) in [4.78, 5) is 20.2. The smallest absolute Gasteiger partial charge is 0.321 e. The molecule has 2 aromatic carbocycles. The maximum atomic E-state index is 12.7. The van der Waals surface area contributed by atoms with Crippen molar-refractivity contribution in [1.29, 1.82) is 0 Å². The molecule has 0 aliphatic carbocycles. The van der Waals surface area contributed by atoms with Gasteiger partial charge in [0, 0.05) is 17.9 Å². The number of carbonyl (C=O) groups is 1. The summed E-state index contributed by atoms with van der Waals surface area (Å²) >= 11 is 0. The number of rotatable bonds is 10. The summed E-state index contributed by atoms with van der Waals surface area (Å²) < 4.78 is 27.7. The van der Waals surface area contributed by atoms with Crippen molar-refractivity contribution in [2.45, 2.75) is 37.6 Å². The Hall–Kier alpha value is -3.30. The Morgan fingerprint density at radius 3 is 2.16 bits per heavy atom. The summed E-state index contributed by atoms with van der Waals surface area (Å²) in [5.74, 6) is -0.759. The average molecular weight is 455 g/mol. The van der Waals surface area contributed by atoms with Gasteiger partial charge in [0.1, 0.15) is 6.04 Å². The first-order chi connectivity index (χ1) is 15.2. The molecule has 3 N–H and O–H groups in total. The Labute approximate surface area is 187 Å². The van der Waals surface area contributed by atoms with E-state index >= 15 is 0 Å². The van der Waals surface area contributed by atoms with Crippen molar-refractivity contribution in [3.05, 3.63) is 72.1 Å². The van der Waals surface area contributed by atoms with Crippen LogP contribution in [-0.2, 0) is 14.8 Å². The molecule has 0 bridgehead atoms. The van der Waals surface area contributed by atoms with Crippen LogP contribution in [0.2, 0.25) is 0 Å². The van der Waals surface area contributed by atoms with Gasteiger partial charge in [0.15, 0.2) is 0 Å². The van der Waals surface area contributed by atoms with E-state index in [1.807, 2.05) is 50.2 Å². The van der Waals surface area contributed by atoms with E-state index in [1.165, 1.54) is 12.1 Å². The quantitative estimate of drug-likeness (QED) is 0.402. The van der Waals surface area contributed by atoms with Crippen molar-refractivity contribution < 1.29 is 18.3 Å². The Morgan fingerprint density at radius 2 is 1.56 bits per heavy atom. The largest absolute Gasteiger partial charge is 0.480 e. The van der Waals surface area contributed by atoms with E-state index in [2.05, 4.69) is 20.0 Å². The molecule has 0 amide bonds. The third-order valence-corrected chi connectivity index (χ3v) is 6.29. The van der Waals surface area contributed by atoms with Crippen LogP contribution in [0.15, 0.2) is 65.6 Å². The number of hydrogen-bond acceptors (Lipinski definition) is 6. The van der Waals surface area contributed by atoms with Gasteiger partial charge < -0.3 is 10.4 Å². The lowest BCUT2D eigenvalue weighted by molar-refractivity contribution is -0.139. The van der Waals surface area contributed by atoms with Gasteiger partial charge in [0.2, 0.25) is 16.0 Å². The maximum Gasteiger partial charge on any atom is 0.321 e. The van der Waals surface area contributed by atoms with Gasteiger partial charge in [-0.2, -0.15) is 4.72 Å². The van der Waals surface area contributed by atoms with Gasteiger partial charge in [-0.05, 0) is 56.0 Å². The summed E-state index contributed by atoms with van der Waals surface area (Å²) in [7, 11) is -3.98. The molecule has 0 aliphatic heterocycles. The van der Waals surface area contributed by atoms with Crippen molar-refractivity contribution in [2.75, 3.05) is 11.9 Å². The second-order valence-corrected chi connectivity index (χ2v) is 9.16. The van der Waals surface area contributed by atoms with Gasteiger partial charge in [0.05, 0.1) is 4.90 Å². The van der Waals surface area contributed by atoms with Crippen LogP contribution in [0.4, 0.5) is 5.95 Å². The van der Waals surface area contributed by atoms with Crippen molar-refractivity contribution >= 4 is 21.9 Å². The van der Waals surface area contributed by atoms with Crippen LogP contribution < -0.4 is 10.0 Å². The number of aliphatic carboxylic acids is 1. The molecular formula is C23H26N4O4S.